The van der Waals surface area contributed by atoms with Crippen LogP contribution in [-0.2, 0) is 0 Å². The Morgan fingerprint density at radius 1 is 1.21 bits per heavy atom. The topological polar surface area (TPSA) is 32.5 Å². The van der Waals surface area contributed by atoms with E-state index in [1.54, 1.807) is 0 Å². The second-order valence-corrected chi connectivity index (χ2v) is 4.29. The maximum atomic E-state index is 5.41. The second-order valence-electron chi connectivity index (χ2n) is 4.29. The molecule has 1 heterocycles. The summed E-state index contributed by atoms with van der Waals surface area (Å²) < 4.78 is 0. The van der Waals surface area contributed by atoms with Crippen LogP contribution in [0.1, 0.15) is 13.8 Å². The Kier molecular flexibility index (Phi) is 4.58. The highest BCUT2D eigenvalue weighted by Gasteiger charge is 2.25. The Morgan fingerprint density at radius 3 is 2.29 bits per heavy atom. The van der Waals surface area contributed by atoms with E-state index in [0.29, 0.717) is 18.6 Å². The number of hydrogen-bond acceptors (Lipinski definition) is 3. The van der Waals surface area contributed by atoms with Crippen molar-refractivity contribution in [2.24, 2.45) is 5.73 Å². The third-order valence-corrected chi connectivity index (χ3v) is 3.10. The molecular weight excluding hydrogens is 174 g/mol. The lowest BCUT2D eigenvalue weighted by Gasteiger charge is -2.42. The molecule has 0 saturated carbocycles. The highest BCUT2D eigenvalue weighted by molar-refractivity contribution is 4.90. The van der Waals surface area contributed by atoms with E-state index in [4.69, 9.17) is 5.73 Å². The van der Waals surface area contributed by atoms with Crippen LogP contribution in [0.25, 0.3) is 0 Å². The fourth-order valence-electron chi connectivity index (χ4n) is 1.98. The maximum absolute atomic E-state index is 5.41. The van der Waals surface area contributed by atoms with E-state index in [2.05, 4.69) is 36.8 Å². The number of piperazine rings is 1. The molecule has 3 nitrogen and oxygen atoms in total. The van der Waals surface area contributed by atoms with Gasteiger partial charge in [0.1, 0.15) is 0 Å². The van der Waals surface area contributed by atoms with Crippen LogP contribution in [0, 0.1) is 0 Å². The van der Waals surface area contributed by atoms with Gasteiger partial charge in [-0.2, -0.15) is 0 Å². The predicted octanol–water partition coefficient (Wildman–Crippen LogP) is 0.526. The molecule has 0 bridgehead atoms. The zero-order valence-electron chi connectivity index (χ0n) is 9.61. The van der Waals surface area contributed by atoms with Crippen molar-refractivity contribution in [3.8, 4) is 0 Å². The monoisotopic (exact) mass is 197 g/mol. The van der Waals surface area contributed by atoms with Crippen LogP contribution in [-0.4, -0.2) is 55.1 Å². The Hall–Kier alpha value is -0.380. The SMILES string of the molecule is CC1CN(C/C=C/CN)CC(C)N1C. The van der Waals surface area contributed by atoms with E-state index in [0.717, 1.165) is 19.6 Å². The normalized spacial score (nSPS) is 31.4. The van der Waals surface area contributed by atoms with Crippen molar-refractivity contribution < 1.29 is 0 Å². The largest absolute Gasteiger partial charge is 0.327 e. The van der Waals surface area contributed by atoms with Crippen LogP contribution in [0.15, 0.2) is 12.2 Å². The number of nitrogens with two attached hydrogens (primary N) is 1. The van der Waals surface area contributed by atoms with Crippen LogP contribution < -0.4 is 5.73 Å². The lowest BCUT2D eigenvalue weighted by Crippen LogP contribution is -2.54. The lowest BCUT2D eigenvalue weighted by atomic mass is 10.1. The molecule has 0 amide bonds. The molecule has 14 heavy (non-hydrogen) atoms. The number of nitrogens with zero attached hydrogens (tertiary/aromatic N) is 2. The molecule has 0 aliphatic carbocycles. The molecule has 0 radical (unpaired) electrons. The standard InChI is InChI=1S/C11H23N3/c1-10-8-14(7-5-4-6-12)9-11(2)13(10)3/h4-5,10-11H,6-9,12H2,1-3H3/b5-4+. The van der Waals surface area contributed by atoms with Gasteiger partial charge >= 0.3 is 0 Å². The van der Waals surface area contributed by atoms with Crippen LogP contribution >= 0.6 is 0 Å². The Bertz CT molecular complexity index is 179. The quantitative estimate of drug-likeness (QED) is 0.670. The van der Waals surface area contributed by atoms with Gasteiger partial charge in [-0.25, -0.2) is 0 Å². The molecule has 1 aliphatic rings. The maximum Gasteiger partial charge on any atom is 0.0195 e. The van der Waals surface area contributed by atoms with Gasteiger partial charge in [-0.3, -0.25) is 9.80 Å². The Labute approximate surface area is 87.6 Å². The van der Waals surface area contributed by atoms with Crippen molar-refractivity contribution in [2.45, 2.75) is 25.9 Å². The number of hydrogen-bond donors (Lipinski definition) is 1. The molecule has 1 saturated heterocycles. The lowest BCUT2D eigenvalue weighted by molar-refractivity contribution is 0.0673. The molecule has 0 aromatic heterocycles. The average molecular weight is 197 g/mol. The second kappa shape index (κ2) is 5.49. The number of likely N-dealkylation sites (N-methyl/N-ethyl adjacent to an activating group) is 1. The summed E-state index contributed by atoms with van der Waals surface area (Å²) in [6, 6.07) is 1.31. The van der Waals surface area contributed by atoms with Gasteiger partial charge in [-0.05, 0) is 20.9 Å². The van der Waals surface area contributed by atoms with E-state index in [1.165, 1.54) is 0 Å². The Balaban J connectivity index is 2.38. The zero-order valence-corrected chi connectivity index (χ0v) is 9.61. The van der Waals surface area contributed by atoms with Gasteiger partial charge in [-0.15, -0.1) is 0 Å². The van der Waals surface area contributed by atoms with Gasteiger partial charge in [-0.1, -0.05) is 12.2 Å². The first-order valence-corrected chi connectivity index (χ1v) is 5.44. The van der Waals surface area contributed by atoms with E-state index in [1.807, 2.05) is 6.08 Å². The fraction of sp³-hybridized carbons (Fsp3) is 0.818. The van der Waals surface area contributed by atoms with Gasteiger partial charge < -0.3 is 5.73 Å². The van der Waals surface area contributed by atoms with E-state index in [-0.39, 0.29) is 0 Å². The average Bonchev–Trinajstić information content (AvgIpc) is 2.14. The summed E-state index contributed by atoms with van der Waals surface area (Å²) in [5.74, 6) is 0. The van der Waals surface area contributed by atoms with Crippen molar-refractivity contribution >= 4 is 0 Å². The molecule has 0 spiro atoms. The first-order chi connectivity index (χ1) is 6.65. The third-order valence-electron chi connectivity index (χ3n) is 3.10. The molecule has 1 fully saturated rings. The third kappa shape index (κ3) is 3.08. The fourth-order valence-corrected chi connectivity index (χ4v) is 1.98. The summed E-state index contributed by atoms with van der Waals surface area (Å²) in [5.41, 5.74) is 5.41. The van der Waals surface area contributed by atoms with Gasteiger partial charge in [0.25, 0.3) is 0 Å². The predicted molar refractivity (Wildman–Crippen MR) is 61.3 cm³/mol. The van der Waals surface area contributed by atoms with Crippen LogP contribution in [0.3, 0.4) is 0 Å². The van der Waals surface area contributed by atoms with Crippen LogP contribution in [0.5, 0.6) is 0 Å². The molecule has 0 aromatic rings. The molecule has 82 valence electrons. The van der Waals surface area contributed by atoms with Crippen molar-refractivity contribution in [1.29, 1.82) is 0 Å². The molecule has 3 heteroatoms. The molecular formula is C11H23N3. The minimum Gasteiger partial charge on any atom is -0.327 e. The zero-order chi connectivity index (χ0) is 10.6. The first kappa shape index (κ1) is 11.7. The van der Waals surface area contributed by atoms with Crippen molar-refractivity contribution in [2.75, 3.05) is 33.2 Å². The molecule has 2 N–H and O–H groups in total. The minimum atomic E-state index is 0.652. The molecule has 1 rings (SSSR count). The van der Waals surface area contributed by atoms with Crippen LogP contribution in [0.4, 0.5) is 0 Å². The Morgan fingerprint density at radius 2 is 1.79 bits per heavy atom. The molecule has 1 aliphatic heterocycles. The van der Waals surface area contributed by atoms with Crippen molar-refractivity contribution in [3.05, 3.63) is 12.2 Å². The van der Waals surface area contributed by atoms with Gasteiger partial charge in [0, 0.05) is 38.3 Å². The minimum absolute atomic E-state index is 0.652. The van der Waals surface area contributed by atoms with Gasteiger partial charge in [0.15, 0.2) is 0 Å². The number of rotatable bonds is 3. The summed E-state index contributed by atoms with van der Waals surface area (Å²) in [5, 5.41) is 0. The van der Waals surface area contributed by atoms with Gasteiger partial charge in [0.05, 0.1) is 0 Å². The summed E-state index contributed by atoms with van der Waals surface area (Å²) in [6.45, 7) is 8.59. The van der Waals surface area contributed by atoms with E-state index < -0.39 is 0 Å². The summed E-state index contributed by atoms with van der Waals surface area (Å²) in [6.07, 6.45) is 4.21. The van der Waals surface area contributed by atoms with E-state index in [9.17, 15) is 0 Å². The molecule has 2 atom stereocenters. The highest BCUT2D eigenvalue weighted by Crippen LogP contribution is 2.12. The molecule has 0 aromatic carbocycles. The van der Waals surface area contributed by atoms with Crippen molar-refractivity contribution in [1.82, 2.24) is 9.80 Å². The summed E-state index contributed by atoms with van der Waals surface area (Å²) in [7, 11) is 2.21. The van der Waals surface area contributed by atoms with Crippen molar-refractivity contribution in [3.63, 3.8) is 0 Å². The first-order valence-electron chi connectivity index (χ1n) is 5.44. The van der Waals surface area contributed by atoms with Crippen LogP contribution in [0.2, 0.25) is 0 Å². The molecule has 2 unspecified atom stereocenters. The van der Waals surface area contributed by atoms with E-state index >= 15 is 0 Å². The smallest absolute Gasteiger partial charge is 0.0195 e. The summed E-state index contributed by atoms with van der Waals surface area (Å²) >= 11 is 0. The summed E-state index contributed by atoms with van der Waals surface area (Å²) in [4.78, 5) is 4.94. The van der Waals surface area contributed by atoms with Gasteiger partial charge in [0.2, 0.25) is 0 Å². The highest BCUT2D eigenvalue weighted by atomic mass is 15.3.